The summed E-state index contributed by atoms with van der Waals surface area (Å²) in [6.07, 6.45) is 3.02. The molecular weight excluding hydrogens is 227 g/mol. The quantitative estimate of drug-likeness (QED) is 0.435. The van der Waals surface area contributed by atoms with Crippen molar-refractivity contribution in [3.63, 3.8) is 0 Å². The molecule has 5 heteroatoms. The summed E-state index contributed by atoms with van der Waals surface area (Å²) in [5.41, 5.74) is -0.390. The van der Waals surface area contributed by atoms with Gasteiger partial charge in [-0.15, -0.1) is 0 Å². The fourth-order valence-corrected chi connectivity index (χ4v) is 1.43. The van der Waals surface area contributed by atoms with Gasteiger partial charge in [-0.1, -0.05) is 13.2 Å². The van der Waals surface area contributed by atoms with E-state index < -0.39 is 24.1 Å². The fourth-order valence-electron chi connectivity index (χ4n) is 1.43. The van der Waals surface area contributed by atoms with Crippen LogP contribution < -0.4 is 0 Å². The van der Waals surface area contributed by atoms with Gasteiger partial charge in [0.2, 0.25) is 0 Å². The lowest BCUT2D eigenvalue weighted by Gasteiger charge is -2.32. The van der Waals surface area contributed by atoms with E-state index in [1.54, 1.807) is 0 Å². The summed E-state index contributed by atoms with van der Waals surface area (Å²) in [4.78, 5) is 4.03. The van der Waals surface area contributed by atoms with E-state index in [2.05, 4.69) is 24.2 Å². The van der Waals surface area contributed by atoms with E-state index in [1.807, 2.05) is 27.7 Å². The van der Waals surface area contributed by atoms with Crippen LogP contribution in [-0.4, -0.2) is 24.5 Å². The zero-order valence-electron chi connectivity index (χ0n) is 11.4. The van der Waals surface area contributed by atoms with E-state index >= 15 is 0 Å². The zero-order valence-corrected chi connectivity index (χ0v) is 11.4. The molecular formula is C13H19BN2O2. The van der Waals surface area contributed by atoms with Crippen molar-refractivity contribution >= 4 is 13.3 Å². The highest BCUT2D eigenvalue weighted by molar-refractivity contribution is 6.52. The van der Waals surface area contributed by atoms with E-state index in [0.717, 1.165) is 0 Å². The van der Waals surface area contributed by atoms with E-state index in [1.165, 1.54) is 12.3 Å². The molecule has 0 radical (unpaired) electrons. The highest BCUT2D eigenvalue weighted by Gasteiger charge is 2.53. The molecule has 0 N–H and O–H groups in total. The first-order valence-corrected chi connectivity index (χ1v) is 5.84. The molecule has 0 aromatic rings. The molecule has 1 atom stereocenters. The number of rotatable bonds is 4. The minimum atomic E-state index is -0.610. The molecule has 18 heavy (non-hydrogen) atoms. The third-order valence-corrected chi connectivity index (χ3v) is 3.35. The third-order valence-electron chi connectivity index (χ3n) is 3.35. The van der Waals surface area contributed by atoms with E-state index in [4.69, 9.17) is 14.6 Å². The summed E-state index contributed by atoms with van der Waals surface area (Å²) < 4.78 is 11.6. The molecule has 0 aromatic carbocycles. The first-order valence-electron chi connectivity index (χ1n) is 5.84. The van der Waals surface area contributed by atoms with Gasteiger partial charge in [-0.3, -0.25) is 4.99 Å². The average molecular weight is 246 g/mol. The summed E-state index contributed by atoms with van der Waals surface area (Å²) in [6.45, 7) is 15.0. The summed E-state index contributed by atoms with van der Waals surface area (Å²) in [7, 11) is -0.610. The average Bonchev–Trinajstić information content (AvgIpc) is 2.48. The third kappa shape index (κ3) is 2.89. The molecule has 1 aliphatic rings. The van der Waals surface area contributed by atoms with Gasteiger partial charge in [-0.2, -0.15) is 5.26 Å². The van der Waals surface area contributed by atoms with E-state index in [0.29, 0.717) is 5.70 Å². The number of hydrogen-bond donors (Lipinski definition) is 0. The normalized spacial score (nSPS) is 22.7. The molecule has 1 saturated heterocycles. The zero-order chi connectivity index (χ0) is 14.0. The smallest absolute Gasteiger partial charge is 0.402 e. The summed E-state index contributed by atoms with van der Waals surface area (Å²) in [6, 6.07) is 2.12. The van der Waals surface area contributed by atoms with Crippen LogP contribution >= 0.6 is 0 Å². The lowest BCUT2D eigenvalue weighted by molar-refractivity contribution is 0.00578. The van der Waals surface area contributed by atoms with Crippen molar-refractivity contribution < 1.29 is 9.31 Å². The first kappa shape index (κ1) is 14.7. The fraction of sp³-hybridized carbons (Fsp3) is 0.538. The maximum Gasteiger partial charge on any atom is 0.481 e. The second kappa shape index (κ2) is 5.09. The Morgan fingerprint density at radius 1 is 1.33 bits per heavy atom. The Balaban J connectivity index is 2.82. The molecule has 0 saturated carbocycles. The standard InChI is InChI=1S/C13H19BN2O2/c1-7-10(2)16-9-11(8-15)14-17-12(3,4)13(5,6)18-14/h7,9,11H,1-2H2,3-6H3. The van der Waals surface area contributed by atoms with Crippen LogP contribution in [0.2, 0.25) is 5.82 Å². The Bertz CT molecular complexity index is 405. The van der Waals surface area contributed by atoms with Crippen molar-refractivity contribution in [3.8, 4) is 6.07 Å². The van der Waals surface area contributed by atoms with Crippen LogP contribution in [0.3, 0.4) is 0 Å². The predicted molar refractivity (Wildman–Crippen MR) is 73.3 cm³/mol. The highest BCUT2D eigenvalue weighted by Crippen LogP contribution is 2.39. The second-order valence-electron chi connectivity index (χ2n) is 5.25. The van der Waals surface area contributed by atoms with Gasteiger partial charge >= 0.3 is 7.12 Å². The van der Waals surface area contributed by atoms with Crippen LogP contribution in [0, 0.1) is 11.3 Å². The molecule has 1 unspecified atom stereocenters. The van der Waals surface area contributed by atoms with Crippen LogP contribution in [0.25, 0.3) is 0 Å². The van der Waals surface area contributed by atoms with Crippen molar-refractivity contribution in [3.05, 3.63) is 24.9 Å². The Morgan fingerprint density at radius 3 is 2.22 bits per heavy atom. The van der Waals surface area contributed by atoms with Crippen LogP contribution in [0.4, 0.5) is 0 Å². The van der Waals surface area contributed by atoms with Gasteiger partial charge < -0.3 is 9.31 Å². The molecule has 0 aliphatic carbocycles. The molecule has 4 nitrogen and oxygen atoms in total. The lowest BCUT2D eigenvalue weighted by atomic mass is 9.73. The number of allylic oxidation sites excluding steroid dienone is 1. The minimum Gasteiger partial charge on any atom is -0.402 e. The number of hydrogen-bond acceptors (Lipinski definition) is 4. The van der Waals surface area contributed by atoms with Gasteiger partial charge in [0.15, 0.2) is 0 Å². The van der Waals surface area contributed by atoms with E-state index in [9.17, 15) is 0 Å². The van der Waals surface area contributed by atoms with Gasteiger partial charge in [-0.25, -0.2) is 0 Å². The molecule has 0 amide bonds. The van der Waals surface area contributed by atoms with Crippen molar-refractivity contribution in [2.75, 3.05) is 0 Å². The summed E-state index contributed by atoms with van der Waals surface area (Å²) >= 11 is 0. The SMILES string of the molecule is C=CC(=C)N=CC(C#N)B1OC(C)(C)C(C)(C)O1. The van der Waals surface area contributed by atoms with Crippen molar-refractivity contribution in [1.29, 1.82) is 5.26 Å². The highest BCUT2D eigenvalue weighted by atomic mass is 16.7. The van der Waals surface area contributed by atoms with Gasteiger partial charge in [0.25, 0.3) is 0 Å². The maximum absolute atomic E-state index is 9.16. The number of nitriles is 1. The molecule has 1 rings (SSSR count). The lowest BCUT2D eigenvalue weighted by Crippen LogP contribution is -2.41. The number of nitrogens with zero attached hydrogens (tertiary/aromatic N) is 2. The molecule has 0 spiro atoms. The van der Waals surface area contributed by atoms with Crippen molar-refractivity contribution in [2.24, 2.45) is 4.99 Å². The van der Waals surface area contributed by atoms with Gasteiger partial charge in [0, 0.05) is 6.21 Å². The maximum atomic E-state index is 9.16. The Morgan fingerprint density at radius 2 is 1.83 bits per heavy atom. The summed E-state index contributed by atoms with van der Waals surface area (Å²) in [5.74, 6) is -0.567. The first-order chi connectivity index (χ1) is 8.23. The Hall–Kier alpha value is -1.38. The van der Waals surface area contributed by atoms with Crippen molar-refractivity contribution in [2.45, 2.75) is 44.7 Å². The summed E-state index contributed by atoms with van der Waals surface area (Å²) in [5, 5.41) is 9.16. The van der Waals surface area contributed by atoms with Crippen LogP contribution in [0.1, 0.15) is 27.7 Å². The molecule has 1 fully saturated rings. The number of aliphatic imine (C=N–C) groups is 1. The molecule has 0 aromatic heterocycles. The Labute approximate surface area is 109 Å². The van der Waals surface area contributed by atoms with Gasteiger partial charge in [-0.05, 0) is 33.8 Å². The topological polar surface area (TPSA) is 54.6 Å². The minimum absolute atomic E-state index is 0.448. The predicted octanol–water partition coefficient (Wildman–Crippen LogP) is 2.74. The van der Waals surface area contributed by atoms with Gasteiger partial charge in [0.05, 0.1) is 23.0 Å². The van der Waals surface area contributed by atoms with Crippen LogP contribution in [0.5, 0.6) is 0 Å². The van der Waals surface area contributed by atoms with Gasteiger partial charge in [0.1, 0.15) is 5.82 Å². The van der Waals surface area contributed by atoms with Crippen LogP contribution in [0.15, 0.2) is 29.9 Å². The molecule has 1 aliphatic heterocycles. The van der Waals surface area contributed by atoms with Crippen LogP contribution in [-0.2, 0) is 9.31 Å². The van der Waals surface area contributed by atoms with Crippen molar-refractivity contribution in [1.82, 2.24) is 0 Å². The Kier molecular flexibility index (Phi) is 4.15. The largest absolute Gasteiger partial charge is 0.481 e. The molecule has 1 heterocycles. The molecule has 0 bridgehead atoms. The monoisotopic (exact) mass is 246 g/mol. The molecule has 96 valence electrons. The van der Waals surface area contributed by atoms with E-state index in [-0.39, 0.29) is 0 Å². The second-order valence-corrected chi connectivity index (χ2v) is 5.25.